The van der Waals surface area contributed by atoms with Crippen LogP contribution in [-0.2, 0) is 0 Å². The first-order valence-electron chi connectivity index (χ1n) is 8.67. The van der Waals surface area contributed by atoms with Crippen LogP contribution in [-0.4, -0.2) is 28.9 Å². The Bertz CT molecular complexity index is 1160. The summed E-state index contributed by atoms with van der Waals surface area (Å²) in [4.78, 5) is 12.4. The zero-order chi connectivity index (χ0) is 19.5. The number of hydrogen-bond acceptors (Lipinski definition) is 5. The van der Waals surface area contributed by atoms with Crippen LogP contribution in [0.2, 0.25) is 0 Å². The fourth-order valence-corrected chi connectivity index (χ4v) is 2.99. The number of H-pyrrole nitrogens is 1. The Balaban J connectivity index is 1.64. The van der Waals surface area contributed by atoms with Crippen molar-refractivity contribution in [2.75, 3.05) is 7.11 Å². The lowest BCUT2D eigenvalue weighted by molar-refractivity contribution is 0.0950. The maximum Gasteiger partial charge on any atom is 0.289 e. The molecular weight excluding hydrogens is 356 g/mol. The summed E-state index contributed by atoms with van der Waals surface area (Å²) in [7, 11) is 1.61. The average molecular weight is 374 g/mol. The lowest BCUT2D eigenvalue weighted by Gasteiger charge is -2.09. The predicted molar refractivity (Wildman–Crippen MR) is 106 cm³/mol. The third kappa shape index (κ3) is 3.25. The topological polar surface area (TPSA) is 92.5 Å². The van der Waals surface area contributed by atoms with Gasteiger partial charge in [-0.25, -0.2) is 5.43 Å². The van der Waals surface area contributed by atoms with Gasteiger partial charge in [-0.05, 0) is 42.0 Å². The highest BCUT2D eigenvalue weighted by Gasteiger charge is 2.16. The third-order valence-electron chi connectivity index (χ3n) is 4.39. The van der Waals surface area contributed by atoms with E-state index in [1.165, 1.54) is 0 Å². The molecule has 140 valence electrons. The van der Waals surface area contributed by atoms with Crippen molar-refractivity contribution in [2.45, 2.75) is 6.92 Å². The second kappa shape index (κ2) is 7.40. The minimum atomic E-state index is -0.399. The molecule has 7 nitrogen and oxygen atoms in total. The molecule has 0 spiro atoms. The first kappa shape index (κ1) is 17.5. The molecule has 28 heavy (non-hydrogen) atoms. The number of carbonyl (C=O) groups excluding carboxylic acids is 1. The molecule has 1 amide bonds. The number of benzene rings is 2. The summed E-state index contributed by atoms with van der Waals surface area (Å²) >= 11 is 0. The van der Waals surface area contributed by atoms with E-state index in [1.54, 1.807) is 38.5 Å². The Morgan fingerprint density at radius 3 is 2.82 bits per heavy atom. The van der Waals surface area contributed by atoms with Crippen molar-refractivity contribution < 1.29 is 13.9 Å². The van der Waals surface area contributed by atoms with Gasteiger partial charge >= 0.3 is 0 Å². The smallest absolute Gasteiger partial charge is 0.289 e. The van der Waals surface area contributed by atoms with Crippen molar-refractivity contribution in [3.8, 4) is 17.0 Å². The van der Waals surface area contributed by atoms with Crippen molar-refractivity contribution >= 4 is 22.4 Å². The van der Waals surface area contributed by atoms with E-state index in [0.717, 1.165) is 16.3 Å². The minimum absolute atomic E-state index is 0.293. The molecule has 0 radical (unpaired) electrons. The lowest BCUT2D eigenvalue weighted by Crippen LogP contribution is -2.19. The number of nitrogens with one attached hydrogen (secondary N) is 2. The standard InChI is InChI=1S/C21H18N4O3/c1-13(18-8-5-11-28-18)22-25-21(26)17-12-16(23-24-17)20-15-7-4-3-6-14(15)9-10-19(20)27-2/h3-12H,1-2H3,(H,23,24)(H,25,26)/b22-13-. The Morgan fingerprint density at radius 2 is 2.04 bits per heavy atom. The van der Waals surface area contributed by atoms with E-state index >= 15 is 0 Å². The fourth-order valence-electron chi connectivity index (χ4n) is 2.99. The van der Waals surface area contributed by atoms with Gasteiger partial charge in [-0.3, -0.25) is 9.89 Å². The average Bonchev–Trinajstić information content (AvgIpc) is 3.43. The van der Waals surface area contributed by atoms with Crippen LogP contribution in [0.3, 0.4) is 0 Å². The van der Waals surface area contributed by atoms with Gasteiger partial charge in [0.1, 0.15) is 22.9 Å². The highest BCUT2D eigenvalue weighted by Crippen LogP contribution is 2.36. The van der Waals surface area contributed by atoms with Crippen LogP contribution in [0.4, 0.5) is 0 Å². The van der Waals surface area contributed by atoms with Gasteiger partial charge in [0, 0.05) is 0 Å². The van der Waals surface area contributed by atoms with Gasteiger partial charge < -0.3 is 9.15 Å². The van der Waals surface area contributed by atoms with E-state index in [-0.39, 0.29) is 0 Å². The Morgan fingerprint density at radius 1 is 1.18 bits per heavy atom. The molecule has 2 aromatic heterocycles. The molecule has 0 aliphatic rings. The molecule has 0 unspecified atom stereocenters. The second-order valence-electron chi connectivity index (χ2n) is 6.15. The number of hydrogen-bond donors (Lipinski definition) is 2. The summed E-state index contributed by atoms with van der Waals surface area (Å²) in [6.07, 6.45) is 1.55. The molecule has 2 N–H and O–H groups in total. The first-order valence-corrected chi connectivity index (χ1v) is 8.67. The highest BCUT2D eigenvalue weighted by atomic mass is 16.5. The lowest BCUT2D eigenvalue weighted by atomic mass is 10.0. The van der Waals surface area contributed by atoms with Crippen LogP contribution in [0.15, 0.2) is 70.4 Å². The Kier molecular flexibility index (Phi) is 4.63. The Labute approximate surface area is 161 Å². The number of nitrogens with zero attached hydrogens (tertiary/aromatic N) is 2. The van der Waals surface area contributed by atoms with Crippen molar-refractivity contribution in [1.82, 2.24) is 15.6 Å². The molecule has 0 aliphatic heterocycles. The van der Waals surface area contributed by atoms with Crippen LogP contribution < -0.4 is 10.2 Å². The van der Waals surface area contributed by atoms with Crippen LogP contribution in [0.5, 0.6) is 5.75 Å². The van der Waals surface area contributed by atoms with Crippen LogP contribution in [0.1, 0.15) is 23.2 Å². The molecule has 0 atom stereocenters. The molecule has 0 saturated heterocycles. The van der Waals surface area contributed by atoms with Gasteiger partial charge in [0.15, 0.2) is 0 Å². The SMILES string of the molecule is COc1ccc2ccccc2c1-c1cc(C(=O)N/N=C(/C)c2ccco2)[nH]n1. The fraction of sp³-hybridized carbons (Fsp3) is 0.0952. The van der Waals surface area contributed by atoms with Crippen molar-refractivity contribution in [3.63, 3.8) is 0 Å². The number of aromatic amines is 1. The molecular formula is C21H18N4O3. The zero-order valence-corrected chi connectivity index (χ0v) is 15.4. The zero-order valence-electron chi connectivity index (χ0n) is 15.4. The van der Waals surface area contributed by atoms with E-state index in [9.17, 15) is 4.79 Å². The number of hydrazone groups is 1. The highest BCUT2D eigenvalue weighted by molar-refractivity contribution is 6.01. The molecule has 0 fully saturated rings. The maximum absolute atomic E-state index is 12.4. The van der Waals surface area contributed by atoms with Crippen LogP contribution >= 0.6 is 0 Å². The van der Waals surface area contributed by atoms with Crippen LogP contribution in [0, 0.1) is 0 Å². The molecule has 2 aromatic carbocycles. The van der Waals surface area contributed by atoms with Crippen molar-refractivity contribution in [3.05, 3.63) is 72.3 Å². The van der Waals surface area contributed by atoms with Gasteiger partial charge in [-0.1, -0.05) is 30.3 Å². The summed E-state index contributed by atoms with van der Waals surface area (Å²) in [6, 6.07) is 17.0. The van der Waals surface area contributed by atoms with Gasteiger partial charge in [0.05, 0.1) is 24.6 Å². The number of furan rings is 1. The van der Waals surface area contributed by atoms with Gasteiger partial charge in [0.2, 0.25) is 0 Å². The van der Waals surface area contributed by atoms with E-state index in [1.807, 2.05) is 36.4 Å². The third-order valence-corrected chi connectivity index (χ3v) is 4.39. The minimum Gasteiger partial charge on any atom is -0.496 e. The van der Waals surface area contributed by atoms with Gasteiger partial charge in [0.25, 0.3) is 5.91 Å². The molecule has 0 saturated carbocycles. The van der Waals surface area contributed by atoms with Crippen molar-refractivity contribution in [2.24, 2.45) is 5.10 Å². The quantitative estimate of drug-likeness (QED) is 0.408. The van der Waals surface area contributed by atoms with Gasteiger partial charge in [-0.2, -0.15) is 10.2 Å². The summed E-state index contributed by atoms with van der Waals surface area (Å²) in [5, 5.41) is 13.2. The van der Waals surface area contributed by atoms with E-state index < -0.39 is 5.91 Å². The number of ether oxygens (including phenoxy) is 1. The molecule has 0 bridgehead atoms. The van der Waals surface area contributed by atoms with Gasteiger partial charge in [-0.15, -0.1) is 0 Å². The maximum atomic E-state index is 12.4. The summed E-state index contributed by atoms with van der Waals surface area (Å²) in [6.45, 7) is 1.75. The monoisotopic (exact) mass is 374 g/mol. The predicted octanol–water partition coefficient (Wildman–Crippen LogP) is 3.99. The van der Waals surface area contributed by atoms with E-state index in [4.69, 9.17) is 9.15 Å². The molecule has 4 aromatic rings. The largest absolute Gasteiger partial charge is 0.496 e. The number of rotatable bonds is 5. The normalized spacial score (nSPS) is 11.6. The number of aromatic nitrogens is 2. The molecule has 2 heterocycles. The number of fused-ring (bicyclic) bond motifs is 1. The summed E-state index contributed by atoms with van der Waals surface area (Å²) < 4.78 is 10.8. The van der Waals surface area contributed by atoms with Crippen molar-refractivity contribution in [1.29, 1.82) is 0 Å². The number of amides is 1. The molecule has 4 rings (SSSR count). The van der Waals surface area contributed by atoms with E-state index in [2.05, 4.69) is 20.7 Å². The number of methoxy groups -OCH3 is 1. The first-order chi connectivity index (χ1) is 13.7. The molecule has 7 heteroatoms. The molecule has 0 aliphatic carbocycles. The second-order valence-corrected chi connectivity index (χ2v) is 6.15. The number of carbonyl (C=O) groups is 1. The van der Waals surface area contributed by atoms with E-state index in [0.29, 0.717) is 28.6 Å². The summed E-state index contributed by atoms with van der Waals surface area (Å²) in [5.41, 5.74) is 4.80. The summed E-state index contributed by atoms with van der Waals surface area (Å²) in [5.74, 6) is 0.874. The Hall–Kier alpha value is -3.87. The van der Waals surface area contributed by atoms with Crippen LogP contribution in [0.25, 0.3) is 22.0 Å².